The highest BCUT2D eigenvalue weighted by molar-refractivity contribution is 14.0. The third kappa shape index (κ3) is 10.9. The van der Waals surface area contributed by atoms with Gasteiger partial charge in [0.05, 0.1) is 12.3 Å². The van der Waals surface area contributed by atoms with Crippen LogP contribution in [0.5, 0.6) is 5.75 Å². The molecule has 0 saturated carbocycles. The van der Waals surface area contributed by atoms with Crippen molar-refractivity contribution >= 4 is 35.6 Å². The van der Waals surface area contributed by atoms with Crippen molar-refractivity contribution in [1.29, 1.82) is 0 Å². The fraction of sp³-hybridized carbons (Fsp3) is 0.350. The number of nitrogens with one attached hydrogen (secondary N) is 1. The fourth-order valence-electron chi connectivity index (χ4n) is 2.41. The van der Waals surface area contributed by atoms with E-state index >= 15 is 0 Å². The Morgan fingerprint density at radius 2 is 1.66 bits per heavy atom. The Labute approximate surface area is 185 Å². The Bertz CT molecular complexity index is 743. The van der Waals surface area contributed by atoms with Crippen molar-refractivity contribution in [3.8, 4) is 5.75 Å². The number of hydrogen-bond donors (Lipinski definition) is 2. The third-order valence-corrected chi connectivity index (χ3v) is 3.73. The van der Waals surface area contributed by atoms with Gasteiger partial charge in [-0.3, -0.25) is 4.99 Å². The fourth-order valence-corrected chi connectivity index (χ4v) is 2.41. The standard InChI is InChI=1S/C20H24F3N3O2.HI/c21-20(22,23)28-18-11-5-4-10-17(18)26-19(24)25-13-6-7-14-27-15-12-16-8-2-1-3-9-16;/h1-5,8-11H,6-7,12-15H2,(H3,24,25,26);1H. The molecular formula is C20H25F3IN3O2. The Balaban J connectivity index is 0.00000420. The van der Waals surface area contributed by atoms with Gasteiger partial charge in [0, 0.05) is 13.2 Å². The average Bonchev–Trinajstić information content (AvgIpc) is 2.65. The molecule has 0 aliphatic heterocycles. The zero-order chi connectivity index (χ0) is 20.2. The van der Waals surface area contributed by atoms with E-state index in [0.29, 0.717) is 19.8 Å². The molecule has 0 radical (unpaired) electrons. The summed E-state index contributed by atoms with van der Waals surface area (Å²) in [6.07, 6.45) is -2.33. The topological polar surface area (TPSA) is 68.9 Å². The van der Waals surface area contributed by atoms with E-state index in [2.05, 4.69) is 27.2 Å². The summed E-state index contributed by atoms with van der Waals surface area (Å²) in [6, 6.07) is 15.8. The molecule has 0 spiro atoms. The number of hydrogen-bond acceptors (Lipinski definition) is 3. The molecule has 0 unspecified atom stereocenters. The van der Waals surface area contributed by atoms with Crippen LogP contribution in [0.15, 0.2) is 59.6 Å². The van der Waals surface area contributed by atoms with Crippen molar-refractivity contribution in [3.63, 3.8) is 0 Å². The molecule has 0 aliphatic carbocycles. The summed E-state index contributed by atoms with van der Waals surface area (Å²) in [6.45, 7) is 1.73. The molecule has 0 fully saturated rings. The van der Waals surface area contributed by atoms with Crippen LogP contribution in [0.4, 0.5) is 18.9 Å². The normalized spacial score (nSPS) is 11.6. The lowest BCUT2D eigenvalue weighted by Gasteiger charge is -2.14. The Morgan fingerprint density at radius 3 is 2.38 bits per heavy atom. The van der Waals surface area contributed by atoms with Gasteiger partial charge in [0.2, 0.25) is 0 Å². The maximum atomic E-state index is 12.4. The number of nitrogens with two attached hydrogens (primary N) is 1. The molecule has 0 atom stereocenters. The molecule has 5 nitrogen and oxygen atoms in total. The smallest absolute Gasteiger partial charge is 0.404 e. The number of anilines is 1. The number of alkyl halides is 3. The lowest BCUT2D eigenvalue weighted by molar-refractivity contribution is -0.274. The van der Waals surface area contributed by atoms with Gasteiger partial charge >= 0.3 is 6.36 Å². The van der Waals surface area contributed by atoms with Crippen LogP contribution in [0, 0.1) is 0 Å². The summed E-state index contributed by atoms with van der Waals surface area (Å²) in [4.78, 5) is 4.11. The highest BCUT2D eigenvalue weighted by Crippen LogP contribution is 2.29. The predicted molar refractivity (Wildman–Crippen MR) is 119 cm³/mol. The van der Waals surface area contributed by atoms with Gasteiger partial charge in [0.25, 0.3) is 0 Å². The van der Waals surface area contributed by atoms with E-state index in [-0.39, 0.29) is 41.4 Å². The first-order chi connectivity index (χ1) is 13.4. The number of benzene rings is 2. The van der Waals surface area contributed by atoms with Crippen molar-refractivity contribution in [3.05, 3.63) is 60.2 Å². The van der Waals surface area contributed by atoms with Crippen LogP contribution in [0.1, 0.15) is 18.4 Å². The van der Waals surface area contributed by atoms with E-state index in [1.54, 1.807) is 6.07 Å². The van der Waals surface area contributed by atoms with Gasteiger partial charge in [0.1, 0.15) is 0 Å². The van der Waals surface area contributed by atoms with Crippen LogP contribution in [0.25, 0.3) is 0 Å². The number of aliphatic imine (C=N–C) groups is 1. The molecule has 2 aromatic carbocycles. The second kappa shape index (κ2) is 13.3. The lowest BCUT2D eigenvalue weighted by atomic mass is 10.2. The number of unbranched alkanes of at least 4 members (excludes halogenated alkanes) is 1. The SMILES string of the molecule is I.NC(=NCCCCOCCc1ccccc1)Nc1ccccc1OC(F)(F)F. The van der Waals surface area contributed by atoms with E-state index in [1.165, 1.54) is 23.8 Å². The van der Waals surface area contributed by atoms with Gasteiger partial charge in [-0.1, -0.05) is 42.5 Å². The first kappa shape index (κ1) is 25.0. The maximum absolute atomic E-state index is 12.4. The summed E-state index contributed by atoms with van der Waals surface area (Å²) < 4.78 is 46.8. The first-order valence-corrected chi connectivity index (χ1v) is 8.97. The Kier molecular flexibility index (Phi) is 11.4. The molecule has 9 heteroatoms. The molecule has 0 saturated heterocycles. The minimum Gasteiger partial charge on any atom is -0.404 e. The number of para-hydroxylation sites is 2. The number of guanidine groups is 1. The lowest BCUT2D eigenvalue weighted by Crippen LogP contribution is -2.24. The summed E-state index contributed by atoms with van der Waals surface area (Å²) in [7, 11) is 0. The van der Waals surface area contributed by atoms with Crippen molar-refractivity contribution in [2.24, 2.45) is 10.7 Å². The minimum absolute atomic E-state index is 0. The zero-order valence-electron chi connectivity index (χ0n) is 15.8. The number of ether oxygens (including phenoxy) is 2. The number of rotatable bonds is 10. The van der Waals surface area contributed by atoms with Crippen LogP contribution in [0.2, 0.25) is 0 Å². The molecule has 0 bridgehead atoms. The van der Waals surface area contributed by atoms with E-state index in [1.807, 2.05) is 18.2 Å². The van der Waals surface area contributed by atoms with Gasteiger partial charge in [0.15, 0.2) is 11.7 Å². The quantitative estimate of drug-likeness (QED) is 0.200. The van der Waals surface area contributed by atoms with Crippen LogP contribution >= 0.6 is 24.0 Å². The molecule has 160 valence electrons. The largest absolute Gasteiger partial charge is 0.573 e. The van der Waals surface area contributed by atoms with E-state index in [4.69, 9.17) is 10.5 Å². The van der Waals surface area contributed by atoms with E-state index in [9.17, 15) is 13.2 Å². The number of halogens is 4. The highest BCUT2D eigenvalue weighted by Gasteiger charge is 2.32. The average molecular weight is 523 g/mol. The molecule has 29 heavy (non-hydrogen) atoms. The first-order valence-electron chi connectivity index (χ1n) is 8.97. The number of nitrogens with zero attached hydrogens (tertiary/aromatic N) is 1. The van der Waals surface area contributed by atoms with Crippen LogP contribution in [-0.2, 0) is 11.2 Å². The molecular weight excluding hydrogens is 498 g/mol. The summed E-state index contributed by atoms with van der Waals surface area (Å²) in [5, 5.41) is 2.63. The van der Waals surface area contributed by atoms with Crippen LogP contribution in [0.3, 0.4) is 0 Å². The molecule has 2 aromatic rings. The van der Waals surface area contributed by atoms with Crippen LogP contribution < -0.4 is 15.8 Å². The predicted octanol–water partition coefficient (Wildman–Crippen LogP) is 4.97. The molecule has 3 N–H and O–H groups in total. The van der Waals surface area contributed by atoms with Crippen LogP contribution in [-0.4, -0.2) is 32.1 Å². The monoisotopic (exact) mass is 523 g/mol. The molecule has 2 rings (SSSR count). The summed E-state index contributed by atoms with van der Waals surface area (Å²) >= 11 is 0. The van der Waals surface area contributed by atoms with Gasteiger partial charge in [-0.25, -0.2) is 0 Å². The van der Waals surface area contributed by atoms with Crippen molar-refractivity contribution in [2.75, 3.05) is 25.1 Å². The van der Waals surface area contributed by atoms with E-state index in [0.717, 1.165) is 19.3 Å². The van der Waals surface area contributed by atoms with Crippen molar-refractivity contribution in [1.82, 2.24) is 0 Å². The second-order valence-corrected chi connectivity index (χ2v) is 5.99. The molecule has 0 amide bonds. The van der Waals surface area contributed by atoms with Gasteiger partial charge in [-0.05, 0) is 37.0 Å². The zero-order valence-corrected chi connectivity index (χ0v) is 18.2. The van der Waals surface area contributed by atoms with Gasteiger partial charge < -0.3 is 20.5 Å². The third-order valence-electron chi connectivity index (χ3n) is 3.73. The van der Waals surface area contributed by atoms with E-state index < -0.39 is 6.36 Å². The van der Waals surface area contributed by atoms with Crippen molar-refractivity contribution in [2.45, 2.75) is 25.6 Å². The molecule has 0 heterocycles. The highest BCUT2D eigenvalue weighted by atomic mass is 127. The maximum Gasteiger partial charge on any atom is 0.573 e. The molecule has 0 aromatic heterocycles. The van der Waals surface area contributed by atoms with Gasteiger partial charge in [-0.15, -0.1) is 37.1 Å². The van der Waals surface area contributed by atoms with Gasteiger partial charge in [-0.2, -0.15) is 0 Å². The summed E-state index contributed by atoms with van der Waals surface area (Å²) in [5.74, 6) is -0.330. The Morgan fingerprint density at radius 1 is 0.966 bits per heavy atom. The van der Waals surface area contributed by atoms with Crippen molar-refractivity contribution < 1.29 is 22.6 Å². The minimum atomic E-state index is -4.77. The molecule has 0 aliphatic rings. The Hall–Kier alpha value is -2.01. The second-order valence-electron chi connectivity index (χ2n) is 5.99. The summed E-state index contributed by atoms with van der Waals surface area (Å²) in [5.41, 5.74) is 7.07.